The summed E-state index contributed by atoms with van der Waals surface area (Å²) in [5.41, 5.74) is 2.91. The molecule has 114 valence electrons. The van der Waals surface area contributed by atoms with Gasteiger partial charge in [-0.15, -0.1) is 0 Å². The van der Waals surface area contributed by atoms with Crippen LogP contribution in [0.2, 0.25) is 5.15 Å². The van der Waals surface area contributed by atoms with Crippen LogP contribution in [0.4, 0.5) is 5.69 Å². The SMILES string of the molecule is Cc1ccc(C)c(NC(=O)COC(=O)c2ccc(Cl)nc2)c1. The molecule has 0 saturated heterocycles. The number of nitrogens with one attached hydrogen (secondary N) is 1. The highest BCUT2D eigenvalue weighted by atomic mass is 35.5. The number of rotatable bonds is 4. The fourth-order valence-corrected chi connectivity index (χ4v) is 1.88. The van der Waals surface area contributed by atoms with E-state index in [2.05, 4.69) is 10.3 Å². The number of ether oxygens (including phenoxy) is 1. The number of pyridine rings is 1. The summed E-state index contributed by atoms with van der Waals surface area (Å²) in [4.78, 5) is 27.4. The summed E-state index contributed by atoms with van der Waals surface area (Å²) < 4.78 is 4.94. The van der Waals surface area contributed by atoms with Gasteiger partial charge in [0.15, 0.2) is 6.61 Å². The van der Waals surface area contributed by atoms with Crippen molar-refractivity contribution in [1.82, 2.24) is 4.98 Å². The normalized spacial score (nSPS) is 10.1. The highest BCUT2D eigenvalue weighted by molar-refractivity contribution is 6.29. The second-order valence-electron chi connectivity index (χ2n) is 4.81. The number of esters is 1. The van der Waals surface area contributed by atoms with Gasteiger partial charge >= 0.3 is 5.97 Å². The third kappa shape index (κ3) is 4.30. The first-order chi connectivity index (χ1) is 10.5. The van der Waals surface area contributed by atoms with Crippen molar-refractivity contribution in [1.29, 1.82) is 0 Å². The average Bonchev–Trinajstić information content (AvgIpc) is 2.49. The smallest absolute Gasteiger partial charge is 0.340 e. The molecule has 0 radical (unpaired) electrons. The molecule has 1 aromatic carbocycles. The summed E-state index contributed by atoms with van der Waals surface area (Å²) in [5, 5.41) is 3.00. The zero-order chi connectivity index (χ0) is 16.1. The van der Waals surface area contributed by atoms with Crippen molar-refractivity contribution in [2.75, 3.05) is 11.9 Å². The van der Waals surface area contributed by atoms with Crippen LogP contribution < -0.4 is 5.32 Å². The lowest BCUT2D eigenvalue weighted by atomic mass is 10.1. The number of halogens is 1. The van der Waals surface area contributed by atoms with E-state index < -0.39 is 11.9 Å². The van der Waals surface area contributed by atoms with Gasteiger partial charge in [0.25, 0.3) is 5.91 Å². The molecular formula is C16H15ClN2O3. The number of amides is 1. The van der Waals surface area contributed by atoms with Gasteiger partial charge in [0.05, 0.1) is 5.56 Å². The van der Waals surface area contributed by atoms with Gasteiger partial charge < -0.3 is 10.1 Å². The Morgan fingerprint density at radius 2 is 2.00 bits per heavy atom. The number of benzene rings is 1. The Morgan fingerprint density at radius 1 is 1.23 bits per heavy atom. The minimum absolute atomic E-state index is 0.240. The molecular weight excluding hydrogens is 304 g/mol. The minimum Gasteiger partial charge on any atom is -0.452 e. The monoisotopic (exact) mass is 318 g/mol. The lowest BCUT2D eigenvalue weighted by Gasteiger charge is -2.09. The molecule has 0 aliphatic rings. The first-order valence-corrected chi connectivity index (χ1v) is 6.99. The molecule has 1 amide bonds. The van der Waals surface area contributed by atoms with Crippen LogP contribution in [0.25, 0.3) is 0 Å². The number of anilines is 1. The maximum atomic E-state index is 11.8. The van der Waals surface area contributed by atoms with Gasteiger partial charge in [-0.05, 0) is 43.2 Å². The van der Waals surface area contributed by atoms with Crippen molar-refractivity contribution in [3.8, 4) is 0 Å². The second kappa shape index (κ2) is 7.04. The quantitative estimate of drug-likeness (QED) is 0.694. The number of aromatic nitrogens is 1. The van der Waals surface area contributed by atoms with E-state index in [0.29, 0.717) is 5.69 Å². The lowest BCUT2D eigenvalue weighted by molar-refractivity contribution is -0.119. The van der Waals surface area contributed by atoms with E-state index >= 15 is 0 Å². The van der Waals surface area contributed by atoms with Crippen molar-refractivity contribution in [2.24, 2.45) is 0 Å². The number of hydrogen-bond donors (Lipinski definition) is 1. The second-order valence-corrected chi connectivity index (χ2v) is 5.20. The Kier molecular flexibility index (Phi) is 5.12. The first kappa shape index (κ1) is 16.0. The predicted octanol–water partition coefficient (Wildman–Crippen LogP) is 3.15. The van der Waals surface area contributed by atoms with Crippen molar-refractivity contribution in [2.45, 2.75) is 13.8 Å². The van der Waals surface area contributed by atoms with Crippen LogP contribution in [-0.2, 0) is 9.53 Å². The average molecular weight is 319 g/mol. The van der Waals surface area contributed by atoms with Crippen molar-refractivity contribution >= 4 is 29.2 Å². The molecule has 0 unspecified atom stereocenters. The molecule has 6 heteroatoms. The van der Waals surface area contributed by atoms with Crippen LogP contribution in [-0.4, -0.2) is 23.5 Å². The standard InChI is InChI=1S/C16H15ClN2O3/c1-10-3-4-11(2)13(7-10)19-15(20)9-22-16(21)12-5-6-14(17)18-8-12/h3-8H,9H2,1-2H3,(H,19,20). The molecule has 0 spiro atoms. The predicted molar refractivity (Wildman–Crippen MR) is 84.1 cm³/mol. The maximum Gasteiger partial charge on any atom is 0.340 e. The van der Waals surface area contributed by atoms with Crippen LogP contribution in [0.3, 0.4) is 0 Å². The molecule has 0 atom stereocenters. The molecule has 2 rings (SSSR count). The molecule has 0 fully saturated rings. The van der Waals surface area contributed by atoms with E-state index in [9.17, 15) is 9.59 Å². The third-order valence-corrected chi connectivity index (χ3v) is 3.19. The summed E-state index contributed by atoms with van der Waals surface area (Å²) in [5.74, 6) is -1.02. The number of carbonyl (C=O) groups excluding carboxylic acids is 2. The number of aryl methyl sites for hydroxylation is 2. The van der Waals surface area contributed by atoms with Crippen LogP contribution in [0.5, 0.6) is 0 Å². The molecule has 0 bridgehead atoms. The summed E-state index contributed by atoms with van der Waals surface area (Å²) >= 11 is 5.63. The van der Waals surface area contributed by atoms with Crippen LogP contribution >= 0.6 is 11.6 Å². The minimum atomic E-state index is -0.625. The molecule has 1 heterocycles. The highest BCUT2D eigenvalue weighted by Gasteiger charge is 2.11. The zero-order valence-corrected chi connectivity index (χ0v) is 13.0. The van der Waals surface area contributed by atoms with Crippen LogP contribution in [0.15, 0.2) is 36.5 Å². The van der Waals surface area contributed by atoms with E-state index in [0.717, 1.165) is 11.1 Å². The molecule has 1 aromatic heterocycles. The number of carbonyl (C=O) groups is 2. The van der Waals surface area contributed by atoms with Crippen LogP contribution in [0, 0.1) is 13.8 Å². The summed E-state index contributed by atoms with van der Waals surface area (Å²) in [6, 6.07) is 8.70. The van der Waals surface area contributed by atoms with E-state index in [1.54, 1.807) is 0 Å². The Labute approximate surface area is 133 Å². The molecule has 2 aromatic rings. The van der Waals surface area contributed by atoms with E-state index in [4.69, 9.17) is 16.3 Å². The third-order valence-electron chi connectivity index (χ3n) is 2.96. The van der Waals surface area contributed by atoms with Gasteiger partial charge in [0, 0.05) is 11.9 Å². The van der Waals surface area contributed by atoms with Gasteiger partial charge in [0.1, 0.15) is 5.15 Å². The van der Waals surface area contributed by atoms with E-state index in [1.165, 1.54) is 18.3 Å². The number of nitrogens with zero attached hydrogens (tertiary/aromatic N) is 1. The molecule has 0 aliphatic carbocycles. The van der Waals surface area contributed by atoms with Crippen molar-refractivity contribution in [3.63, 3.8) is 0 Å². The van der Waals surface area contributed by atoms with Gasteiger partial charge in [0.2, 0.25) is 0 Å². The Balaban J connectivity index is 1.91. The van der Waals surface area contributed by atoms with Crippen LogP contribution in [0.1, 0.15) is 21.5 Å². The summed E-state index contributed by atoms with van der Waals surface area (Å²) in [6.45, 7) is 3.46. The maximum absolute atomic E-state index is 11.8. The molecule has 5 nitrogen and oxygen atoms in total. The topological polar surface area (TPSA) is 68.3 Å². The van der Waals surface area contributed by atoms with E-state index in [-0.39, 0.29) is 17.3 Å². The molecule has 0 aliphatic heterocycles. The Bertz CT molecular complexity index is 699. The Morgan fingerprint density at radius 3 is 2.68 bits per heavy atom. The summed E-state index contributed by atoms with van der Waals surface area (Å²) in [6.07, 6.45) is 1.30. The largest absolute Gasteiger partial charge is 0.452 e. The molecule has 0 saturated carbocycles. The number of hydrogen-bond acceptors (Lipinski definition) is 4. The zero-order valence-electron chi connectivity index (χ0n) is 12.2. The molecule has 22 heavy (non-hydrogen) atoms. The summed E-state index contributed by atoms with van der Waals surface area (Å²) in [7, 11) is 0. The molecule has 1 N–H and O–H groups in total. The van der Waals surface area contributed by atoms with Gasteiger partial charge in [-0.25, -0.2) is 9.78 Å². The lowest BCUT2D eigenvalue weighted by Crippen LogP contribution is -2.21. The van der Waals surface area contributed by atoms with E-state index in [1.807, 2.05) is 32.0 Å². The highest BCUT2D eigenvalue weighted by Crippen LogP contribution is 2.16. The van der Waals surface area contributed by atoms with Crippen molar-refractivity contribution in [3.05, 3.63) is 58.4 Å². The van der Waals surface area contributed by atoms with Crippen molar-refractivity contribution < 1.29 is 14.3 Å². The fourth-order valence-electron chi connectivity index (χ4n) is 1.77. The van der Waals surface area contributed by atoms with Gasteiger partial charge in [-0.1, -0.05) is 23.7 Å². The first-order valence-electron chi connectivity index (χ1n) is 6.61. The fraction of sp³-hybridized carbons (Fsp3) is 0.188. The van der Waals surface area contributed by atoms with Gasteiger partial charge in [-0.3, -0.25) is 4.79 Å². The van der Waals surface area contributed by atoms with Gasteiger partial charge in [-0.2, -0.15) is 0 Å². The Hall–Kier alpha value is -2.40.